The molecule has 226 valence electrons. The largest absolute Gasteiger partial charge is 0.390 e. The molecule has 1 aliphatic heterocycles. The molecular weight excluding hydrogens is 522 g/mol. The van der Waals surface area contributed by atoms with Crippen molar-refractivity contribution in [3.05, 3.63) is 0 Å². The molecule has 3 N–H and O–H groups in total. The number of aliphatic hydroxyl groups is 1. The lowest BCUT2D eigenvalue weighted by Crippen LogP contribution is -2.58. The number of likely N-dealkylation sites (N-methyl/N-ethyl adjacent to an activating group) is 3. The summed E-state index contributed by atoms with van der Waals surface area (Å²) in [6.45, 7) is 12.8. The van der Waals surface area contributed by atoms with Gasteiger partial charge < -0.3 is 30.3 Å². The number of rotatable bonds is 16. The maximum Gasteiger partial charge on any atom is 0.256 e. The minimum Gasteiger partial charge on any atom is -0.390 e. The van der Waals surface area contributed by atoms with Crippen molar-refractivity contribution >= 4 is 35.4 Å². The van der Waals surface area contributed by atoms with E-state index in [-0.39, 0.29) is 24.2 Å². The summed E-state index contributed by atoms with van der Waals surface area (Å²) in [6, 6.07) is -1.84. The Hall–Kier alpha value is -1.89. The Morgan fingerprint density at radius 3 is 2.21 bits per heavy atom. The predicted molar refractivity (Wildman–Crippen MR) is 154 cm³/mol. The van der Waals surface area contributed by atoms with Gasteiger partial charge in [-0.3, -0.25) is 24.1 Å². The molecule has 0 spiro atoms. The fraction of sp³-hybridized carbons (Fsp3) is 0.852. The Kier molecular flexibility index (Phi) is 15.4. The van der Waals surface area contributed by atoms with Crippen molar-refractivity contribution in [2.24, 2.45) is 5.92 Å². The summed E-state index contributed by atoms with van der Waals surface area (Å²) >= 11 is 1.38. The molecule has 12 heteroatoms. The van der Waals surface area contributed by atoms with Crippen molar-refractivity contribution in [1.29, 1.82) is 0 Å². The van der Waals surface area contributed by atoms with Crippen molar-refractivity contribution < 1.29 is 29.0 Å². The molecule has 3 atom stereocenters. The molecule has 0 aliphatic carbocycles. The van der Waals surface area contributed by atoms with Gasteiger partial charge in [0.1, 0.15) is 12.1 Å². The van der Waals surface area contributed by atoms with Crippen LogP contribution in [0.1, 0.15) is 60.3 Å². The van der Waals surface area contributed by atoms with Gasteiger partial charge in [0.2, 0.25) is 17.7 Å². The van der Waals surface area contributed by atoms with Crippen LogP contribution < -0.4 is 10.6 Å². The van der Waals surface area contributed by atoms with Crippen LogP contribution in [0.3, 0.4) is 0 Å². The van der Waals surface area contributed by atoms with Gasteiger partial charge in [0, 0.05) is 47.1 Å². The number of thioether (sulfide) groups is 1. The Bertz CT molecular complexity index is 800. The summed E-state index contributed by atoms with van der Waals surface area (Å²) in [6.07, 6.45) is 1.76. The third-order valence-corrected chi connectivity index (χ3v) is 8.08. The second-order valence-corrected chi connectivity index (χ2v) is 12.3. The summed E-state index contributed by atoms with van der Waals surface area (Å²) in [5, 5.41) is 15.1. The molecular formula is C27H51N5O6S. The molecule has 0 aromatic carbocycles. The molecule has 1 aliphatic rings. The van der Waals surface area contributed by atoms with Gasteiger partial charge in [-0.1, -0.05) is 20.8 Å². The first kappa shape index (κ1) is 35.1. The molecule has 0 aromatic heterocycles. The van der Waals surface area contributed by atoms with Crippen molar-refractivity contribution in [3.8, 4) is 0 Å². The van der Waals surface area contributed by atoms with E-state index >= 15 is 0 Å². The quantitative estimate of drug-likeness (QED) is 0.183. The Balaban J connectivity index is 3.12. The summed E-state index contributed by atoms with van der Waals surface area (Å²) < 4.78 is 5.40. The normalized spacial score (nSPS) is 16.8. The summed E-state index contributed by atoms with van der Waals surface area (Å²) in [7, 11) is 4.63. The van der Waals surface area contributed by atoms with E-state index in [9.17, 15) is 24.3 Å². The van der Waals surface area contributed by atoms with Crippen molar-refractivity contribution in [3.63, 3.8) is 0 Å². The van der Waals surface area contributed by atoms with E-state index in [1.807, 2.05) is 20.8 Å². The molecule has 0 unspecified atom stereocenters. The monoisotopic (exact) mass is 573 g/mol. The number of nitrogens with one attached hydrogen (secondary N) is 2. The van der Waals surface area contributed by atoms with Gasteiger partial charge in [0.05, 0.1) is 18.8 Å². The van der Waals surface area contributed by atoms with Crippen LogP contribution >= 0.6 is 11.8 Å². The minimum absolute atomic E-state index is 0.0410. The standard InChI is InChI=1S/C27H51N5O6S/c1-9-11-21(33)31(8)26(39-17-10-12-32-13-15-38-16-14-32)25(36)30(7)20(18-27(4,5)37)23(34)29-22(19(2)3)24(35)28-6/h19-20,22,26,37H,9-18H2,1-8H3,(H,28,35)(H,29,34)/t20-,22-,26+/m0/s1. The fourth-order valence-electron chi connectivity index (χ4n) is 4.32. The number of ether oxygens (including phenoxy) is 1. The van der Waals surface area contributed by atoms with Gasteiger partial charge in [0.25, 0.3) is 5.91 Å². The van der Waals surface area contributed by atoms with Crippen LogP contribution in [0.5, 0.6) is 0 Å². The lowest BCUT2D eigenvalue weighted by Gasteiger charge is -2.37. The number of hydrogen-bond acceptors (Lipinski definition) is 8. The summed E-state index contributed by atoms with van der Waals surface area (Å²) in [5.41, 5.74) is -1.26. The minimum atomic E-state index is -1.26. The van der Waals surface area contributed by atoms with Gasteiger partial charge in [-0.15, -0.1) is 11.8 Å². The number of carbonyl (C=O) groups excluding carboxylic acids is 4. The van der Waals surface area contributed by atoms with Gasteiger partial charge in [0.15, 0.2) is 5.37 Å². The van der Waals surface area contributed by atoms with Gasteiger partial charge in [-0.2, -0.15) is 0 Å². The maximum absolute atomic E-state index is 13.9. The Labute approximate surface area is 238 Å². The molecule has 1 rings (SSSR count). The van der Waals surface area contributed by atoms with Crippen LogP contribution in [0.2, 0.25) is 0 Å². The molecule has 0 bridgehead atoms. The van der Waals surface area contributed by atoms with E-state index in [4.69, 9.17) is 4.74 Å². The average molecular weight is 574 g/mol. The lowest BCUT2D eigenvalue weighted by molar-refractivity contribution is -0.146. The Morgan fingerprint density at radius 1 is 1.08 bits per heavy atom. The highest BCUT2D eigenvalue weighted by Gasteiger charge is 2.38. The van der Waals surface area contributed by atoms with Crippen LogP contribution in [0, 0.1) is 5.92 Å². The molecule has 0 aromatic rings. The topological polar surface area (TPSA) is 132 Å². The Morgan fingerprint density at radius 2 is 1.69 bits per heavy atom. The first-order chi connectivity index (χ1) is 18.2. The van der Waals surface area contributed by atoms with Crippen LogP contribution in [-0.4, -0.2) is 126 Å². The molecule has 11 nitrogen and oxygen atoms in total. The van der Waals surface area contributed by atoms with Crippen molar-refractivity contribution in [2.75, 3.05) is 59.7 Å². The van der Waals surface area contributed by atoms with Crippen LogP contribution in [-0.2, 0) is 23.9 Å². The summed E-state index contributed by atoms with van der Waals surface area (Å²) in [4.78, 5) is 57.6. The van der Waals surface area contributed by atoms with Gasteiger partial charge in [-0.05, 0) is 44.9 Å². The second-order valence-electron chi connectivity index (χ2n) is 11.1. The zero-order chi connectivity index (χ0) is 29.8. The predicted octanol–water partition coefficient (Wildman–Crippen LogP) is 0.901. The second kappa shape index (κ2) is 17.0. The SMILES string of the molecule is CCCC(=O)N(C)[C@H](SCCCN1CCOCC1)C(=O)N(C)[C@@H](CC(C)(C)O)C(=O)N[C@H](C(=O)NC)C(C)C. The molecule has 1 heterocycles. The molecule has 1 fully saturated rings. The number of carbonyl (C=O) groups is 4. The van der Waals surface area contributed by atoms with Crippen molar-refractivity contribution in [1.82, 2.24) is 25.3 Å². The molecule has 0 saturated carbocycles. The fourth-order valence-corrected chi connectivity index (χ4v) is 5.49. The first-order valence-electron chi connectivity index (χ1n) is 13.9. The van der Waals surface area contributed by atoms with E-state index in [2.05, 4.69) is 15.5 Å². The highest BCUT2D eigenvalue weighted by Crippen LogP contribution is 2.23. The highest BCUT2D eigenvalue weighted by molar-refractivity contribution is 8.00. The van der Waals surface area contributed by atoms with Crippen LogP contribution in [0.4, 0.5) is 0 Å². The number of hydrogen-bond donors (Lipinski definition) is 3. The van der Waals surface area contributed by atoms with Crippen LogP contribution in [0.25, 0.3) is 0 Å². The molecule has 39 heavy (non-hydrogen) atoms. The van der Waals surface area contributed by atoms with E-state index in [0.717, 1.165) is 39.3 Å². The van der Waals surface area contributed by atoms with E-state index in [1.54, 1.807) is 20.9 Å². The molecule has 1 saturated heterocycles. The third kappa shape index (κ3) is 12.0. The average Bonchev–Trinajstić information content (AvgIpc) is 2.88. The van der Waals surface area contributed by atoms with Gasteiger partial charge >= 0.3 is 0 Å². The zero-order valence-electron chi connectivity index (χ0n) is 25.1. The smallest absolute Gasteiger partial charge is 0.256 e. The summed E-state index contributed by atoms with van der Waals surface area (Å²) in [5.74, 6) is -0.955. The van der Waals surface area contributed by atoms with E-state index in [1.165, 1.54) is 35.7 Å². The molecule has 4 amide bonds. The van der Waals surface area contributed by atoms with Gasteiger partial charge in [-0.25, -0.2) is 0 Å². The molecule has 0 radical (unpaired) electrons. The number of nitrogens with zero attached hydrogens (tertiary/aromatic N) is 3. The van der Waals surface area contributed by atoms with Crippen LogP contribution in [0.15, 0.2) is 0 Å². The lowest BCUT2D eigenvalue weighted by atomic mass is 9.96. The van der Waals surface area contributed by atoms with Crippen molar-refractivity contribution in [2.45, 2.75) is 83.4 Å². The number of amides is 4. The first-order valence-corrected chi connectivity index (χ1v) is 15.0. The van der Waals surface area contributed by atoms with E-state index in [0.29, 0.717) is 18.6 Å². The van der Waals surface area contributed by atoms with E-state index < -0.39 is 34.9 Å². The third-order valence-electron chi connectivity index (χ3n) is 6.72. The zero-order valence-corrected chi connectivity index (χ0v) is 25.9. The highest BCUT2D eigenvalue weighted by atomic mass is 32.2. The maximum atomic E-state index is 13.9. The number of morpholine rings is 1.